The molecule has 112 valence electrons. The third kappa shape index (κ3) is 3.75. The topological polar surface area (TPSA) is 58.1 Å². The van der Waals surface area contributed by atoms with Gasteiger partial charge in [0.1, 0.15) is 11.6 Å². The van der Waals surface area contributed by atoms with Gasteiger partial charge in [-0.1, -0.05) is 0 Å². The van der Waals surface area contributed by atoms with Crippen molar-refractivity contribution in [2.45, 2.75) is 20.4 Å². The third-order valence-corrected chi connectivity index (χ3v) is 3.66. The summed E-state index contributed by atoms with van der Waals surface area (Å²) in [6.45, 7) is 4.79. The monoisotopic (exact) mass is 308 g/mol. The van der Waals surface area contributed by atoms with Crippen LogP contribution in [0, 0.1) is 12.7 Å². The van der Waals surface area contributed by atoms with Crippen molar-refractivity contribution in [1.29, 1.82) is 0 Å². The van der Waals surface area contributed by atoms with Gasteiger partial charge in [0.15, 0.2) is 0 Å². The van der Waals surface area contributed by atoms with Gasteiger partial charge in [-0.15, -0.1) is 11.3 Å². The Morgan fingerprint density at radius 1 is 1.52 bits per heavy atom. The number of carbonyl (C=O) groups is 1. The summed E-state index contributed by atoms with van der Waals surface area (Å²) in [6, 6.07) is 1.20. The minimum absolute atomic E-state index is 0.228. The maximum Gasteiger partial charge on any atom is 0.257 e. The Labute approximate surface area is 126 Å². The number of pyridine rings is 1. The number of hydrogen-bond donors (Lipinski definition) is 1. The molecule has 0 spiro atoms. The lowest BCUT2D eigenvalue weighted by atomic mass is 10.2. The van der Waals surface area contributed by atoms with Crippen LogP contribution in [0.15, 0.2) is 17.6 Å². The van der Waals surface area contributed by atoms with Crippen molar-refractivity contribution in [1.82, 2.24) is 14.9 Å². The molecule has 0 bridgehead atoms. The summed E-state index contributed by atoms with van der Waals surface area (Å²) in [7, 11) is 1.66. The van der Waals surface area contributed by atoms with Gasteiger partial charge in [-0.25, -0.2) is 14.4 Å². The molecule has 0 saturated heterocycles. The molecule has 0 aliphatic carbocycles. The largest absolute Gasteiger partial charge is 0.370 e. The van der Waals surface area contributed by atoms with Crippen LogP contribution in [0.2, 0.25) is 0 Å². The summed E-state index contributed by atoms with van der Waals surface area (Å²) in [5, 5.41) is 5.83. The van der Waals surface area contributed by atoms with Gasteiger partial charge >= 0.3 is 0 Å². The molecule has 21 heavy (non-hydrogen) atoms. The first kappa shape index (κ1) is 15.4. The van der Waals surface area contributed by atoms with Crippen LogP contribution < -0.4 is 5.32 Å². The average molecular weight is 308 g/mol. The molecular formula is C14H17FN4OS. The normalized spacial score (nSPS) is 10.5. The fourth-order valence-corrected chi connectivity index (χ4v) is 2.52. The van der Waals surface area contributed by atoms with Crippen LogP contribution in [0.1, 0.15) is 28.0 Å². The van der Waals surface area contributed by atoms with Crippen molar-refractivity contribution in [3.8, 4) is 0 Å². The molecule has 2 aromatic rings. The van der Waals surface area contributed by atoms with E-state index in [4.69, 9.17) is 0 Å². The van der Waals surface area contributed by atoms with E-state index in [0.717, 1.165) is 16.9 Å². The molecule has 1 N–H and O–H groups in total. The first-order chi connectivity index (χ1) is 10.0. The van der Waals surface area contributed by atoms with Crippen LogP contribution in [-0.2, 0) is 6.54 Å². The number of hydrogen-bond acceptors (Lipinski definition) is 5. The highest BCUT2D eigenvalue weighted by molar-refractivity contribution is 7.09. The van der Waals surface area contributed by atoms with Crippen LogP contribution in [0.5, 0.6) is 0 Å². The Bertz CT molecular complexity index is 644. The summed E-state index contributed by atoms with van der Waals surface area (Å²) in [6.07, 6.45) is 1.10. The first-order valence-electron chi connectivity index (χ1n) is 6.57. The van der Waals surface area contributed by atoms with Crippen LogP contribution in [-0.4, -0.2) is 34.4 Å². The fraction of sp³-hybridized carbons (Fsp3) is 0.357. The molecule has 2 aromatic heterocycles. The molecule has 0 atom stereocenters. The lowest BCUT2D eigenvalue weighted by Crippen LogP contribution is -2.27. The predicted octanol–water partition coefficient (Wildman–Crippen LogP) is 2.69. The van der Waals surface area contributed by atoms with Crippen LogP contribution in [0.3, 0.4) is 0 Å². The summed E-state index contributed by atoms with van der Waals surface area (Å²) in [4.78, 5) is 22.2. The Balaban J connectivity index is 2.20. The molecule has 5 nitrogen and oxygen atoms in total. The molecule has 7 heteroatoms. The van der Waals surface area contributed by atoms with Gasteiger partial charge in [0.05, 0.1) is 29.0 Å². The minimum Gasteiger partial charge on any atom is -0.370 e. The smallest absolute Gasteiger partial charge is 0.257 e. The summed E-state index contributed by atoms with van der Waals surface area (Å²) in [5.74, 6) is -0.424. The number of thiazole rings is 1. The highest BCUT2D eigenvalue weighted by Crippen LogP contribution is 2.17. The number of nitrogens with one attached hydrogen (secondary N) is 1. The number of aromatic nitrogens is 2. The maximum atomic E-state index is 13.4. The molecule has 2 heterocycles. The van der Waals surface area contributed by atoms with Gasteiger partial charge in [-0.05, 0) is 19.9 Å². The standard InChI is InChI=1S/C14H17FN4OS/c1-4-16-13-12(5-10(15)6-17-13)14(20)19(3)7-11-8-21-9(2)18-11/h5-6,8H,4,7H2,1-3H3,(H,16,17). The molecule has 0 fully saturated rings. The molecule has 0 aliphatic rings. The van der Waals surface area contributed by atoms with Crippen LogP contribution >= 0.6 is 11.3 Å². The van der Waals surface area contributed by atoms with E-state index in [1.54, 1.807) is 7.05 Å². The van der Waals surface area contributed by atoms with Crippen molar-refractivity contribution < 1.29 is 9.18 Å². The van der Waals surface area contributed by atoms with E-state index in [-0.39, 0.29) is 11.5 Å². The number of nitrogens with zero attached hydrogens (tertiary/aromatic N) is 3. The molecule has 0 radical (unpaired) electrons. The van der Waals surface area contributed by atoms with Gasteiger partial charge in [-0.3, -0.25) is 4.79 Å². The predicted molar refractivity (Wildman–Crippen MR) is 81.0 cm³/mol. The minimum atomic E-state index is -0.530. The average Bonchev–Trinajstić information content (AvgIpc) is 2.85. The zero-order valence-corrected chi connectivity index (χ0v) is 13.0. The maximum absolute atomic E-state index is 13.4. The second kappa shape index (κ2) is 6.62. The number of rotatable bonds is 5. The van der Waals surface area contributed by atoms with Gasteiger partial charge in [0, 0.05) is 19.0 Å². The van der Waals surface area contributed by atoms with E-state index in [1.165, 1.54) is 22.3 Å². The highest BCUT2D eigenvalue weighted by Gasteiger charge is 2.18. The summed E-state index contributed by atoms with van der Waals surface area (Å²) >= 11 is 1.53. The molecule has 0 aliphatic heterocycles. The molecule has 2 rings (SSSR count). The van der Waals surface area contributed by atoms with Crippen LogP contribution in [0.4, 0.5) is 10.2 Å². The number of aryl methyl sites for hydroxylation is 1. The first-order valence-corrected chi connectivity index (χ1v) is 7.45. The second-order valence-electron chi connectivity index (χ2n) is 4.60. The zero-order chi connectivity index (χ0) is 15.4. The van der Waals surface area contributed by atoms with E-state index >= 15 is 0 Å². The van der Waals surface area contributed by atoms with E-state index in [2.05, 4.69) is 15.3 Å². The molecule has 1 amide bonds. The van der Waals surface area contributed by atoms with Gasteiger partial charge in [-0.2, -0.15) is 0 Å². The van der Waals surface area contributed by atoms with E-state index in [0.29, 0.717) is 18.9 Å². The van der Waals surface area contributed by atoms with E-state index in [9.17, 15) is 9.18 Å². The highest BCUT2D eigenvalue weighted by atomic mass is 32.1. The van der Waals surface area contributed by atoms with Crippen molar-refractivity contribution in [3.63, 3.8) is 0 Å². The zero-order valence-electron chi connectivity index (χ0n) is 12.2. The van der Waals surface area contributed by atoms with Gasteiger partial charge < -0.3 is 10.2 Å². The lowest BCUT2D eigenvalue weighted by molar-refractivity contribution is 0.0783. The van der Waals surface area contributed by atoms with Gasteiger partial charge in [0.25, 0.3) is 5.91 Å². The van der Waals surface area contributed by atoms with E-state index < -0.39 is 5.82 Å². The van der Waals surface area contributed by atoms with Crippen molar-refractivity contribution >= 4 is 23.1 Å². The quantitative estimate of drug-likeness (QED) is 0.922. The van der Waals surface area contributed by atoms with Crippen molar-refractivity contribution in [2.75, 3.05) is 18.9 Å². The third-order valence-electron chi connectivity index (χ3n) is 2.84. The van der Waals surface area contributed by atoms with Crippen molar-refractivity contribution in [3.05, 3.63) is 39.7 Å². The number of carbonyl (C=O) groups excluding carboxylic acids is 1. The Morgan fingerprint density at radius 3 is 2.90 bits per heavy atom. The van der Waals surface area contributed by atoms with Crippen LogP contribution in [0.25, 0.3) is 0 Å². The molecule has 0 saturated carbocycles. The number of anilines is 1. The molecular weight excluding hydrogens is 291 g/mol. The Morgan fingerprint density at radius 2 is 2.29 bits per heavy atom. The number of halogens is 1. The SMILES string of the molecule is CCNc1ncc(F)cc1C(=O)N(C)Cc1csc(C)n1. The molecule has 0 aromatic carbocycles. The molecule has 0 unspecified atom stereocenters. The number of amides is 1. The lowest BCUT2D eigenvalue weighted by Gasteiger charge is -2.18. The van der Waals surface area contributed by atoms with Gasteiger partial charge in [0.2, 0.25) is 0 Å². The summed E-state index contributed by atoms with van der Waals surface area (Å²) < 4.78 is 13.4. The Kier molecular flexibility index (Phi) is 4.85. The Hall–Kier alpha value is -2.02. The van der Waals surface area contributed by atoms with E-state index in [1.807, 2.05) is 19.2 Å². The second-order valence-corrected chi connectivity index (χ2v) is 5.66. The fourth-order valence-electron chi connectivity index (χ4n) is 1.91. The summed E-state index contributed by atoms with van der Waals surface area (Å²) in [5.41, 5.74) is 1.05. The van der Waals surface area contributed by atoms with Crippen molar-refractivity contribution in [2.24, 2.45) is 0 Å².